The van der Waals surface area contributed by atoms with Gasteiger partial charge in [0.25, 0.3) is 0 Å². The highest BCUT2D eigenvalue weighted by molar-refractivity contribution is 5.68. The van der Waals surface area contributed by atoms with Gasteiger partial charge in [0.2, 0.25) is 0 Å². The minimum atomic E-state index is -0.465. The van der Waals surface area contributed by atoms with Crippen LogP contribution >= 0.6 is 0 Å². The van der Waals surface area contributed by atoms with Gasteiger partial charge in [0, 0.05) is 12.6 Å². The van der Waals surface area contributed by atoms with E-state index in [-0.39, 0.29) is 17.7 Å². The lowest BCUT2D eigenvalue weighted by Crippen LogP contribution is -2.54. The summed E-state index contributed by atoms with van der Waals surface area (Å²) in [7, 11) is 0. The van der Waals surface area contributed by atoms with Crippen LogP contribution in [0.25, 0.3) is 0 Å². The summed E-state index contributed by atoms with van der Waals surface area (Å²) in [6, 6.07) is 2.19. The highest BCUT2D eigenvalue weighted by atomic mass is 16.6. The molecule has 122 valence electrons. The predicted octanol–water partition coefficient (Wildman–Crippen LogP) is 3.09. The largest absolute Gasteiger partial charge is 0.467 e. The number of hydrogen-bond donors (Lipinski definition) is 2. The molecule has 2 atom stereocenters. The second kappa shape index (κ2) is 5.61. The molecule has 0 aromatic carbocycles. The van der Waals surface area contributed by atoms with Crippen molar-refractivity contribution in [3.05, 3.63) is 23.7 Å². The molecule has 0 bridgehead atoms. The number of hydrogen-bond acceptors (Lipinski definition) is 4. The zero-order valence-electron chi connectivity index (χ0n) is 13.7. The first kappa shape index (κ1) is 15.4. The van der Waals surface area contributed by atoms with Crippen molar-refractivity contribution in [3.8, 4) is 0 Å². The van der Waals surface area contributed by atoms with Gasteiger partial charge in [-0.25, -0.2) is 4.79 Å². The molecule has 1 amide bonds. The number of ether oxygens (including phenoxy) is 1. The van der Waals surface area contributed by atoms with Gasteiger partial charge in [0.05, 0.1) is 11.8 Å². The normalized spacial score (nSPS) is 28.2. The van der Waals surface area contributed by atoms with Crippen molar-refractivity contribution in [1.29, 1.82) is 0 Å². The van der Waals surface area contributed by atoms with Gasteiger partial charge >= 0.3 is 6.09 Å². The molecule has 2 unspecified atom stereocenters. The number of rotatable bonds is 1. The summed E-state index contributed by atoms with van der Waals surface area (Å²) >= 11 is 0. The molecule has 1 aliphatic carbocycles. The van der Waals surface area contributed by atoms with Crippen LogP contribution in [-0.4, -0.2) is 24.3 Å². The molecule has 1 aromatic rings. The Hall–Kier alpha value is -1.49. The Balaban J connectivity index is 1.69. The van der Waals surface area contributed by atoms with Crippen LogP contribution in [0, 0.1) is 0 Å². The van der Waals surface area contributed by atoms with Crippen LogP contribution in [0.2, 0.25) is 0 Å². The van der Waals surface area contributed by atoms with Crippen LogP contribution in [0.5, 0.6) is 0 Å². The van der Waals surface area contributed by atoms with E-state index in [0.29, 0.717) is 0 Å². The van der Waals surface area contributed by atoms with E-state index in [4.69, 9.17) is 9.15 Å². The van der Waals surface area contributed by atoms with E-state index in [9.17, 15) is 4.79 Å². The quantitative estimate of drug-likeness (QED) is 0.837. The SMILES string of the molecule is CC(C)(C)OC(=O)NC1CCCC2(C1)NCCc1ccoc12. The second-order valence-corrected chi connectivity index (χ2v) is 7.47. The molecule has 5 nitrogen and oxygen atoms in total. The maximum atomic E-state index is 12.0. The van der Waals surface area contributed by atoms with Gasteiger partial charge < -0.3 is 19.8 Å². The molecule has 0 saturated heterocycles. The van der Waals surface area contributed by atoms with Crippen molar-refractivity contribution >= 4 is 6.09 Å². The van der Waals surface area contributed by atoms with Gasteiger partial charge in [-0.2, -0.15) is 0 Å². The fraction of sp³-hybridized carbons (Fsp3) is 0.706. The molecule has 5 heteroatoms. The highest BCUT2D eigenvalue weighted by Gasteiger charge is 2.43. The summed E-state index contributed by atoms with van der Waals surface area (Å²) in [6.45, 7) is 6.61. The van der Waals surface area contributed by atoms with Crippen molar-refractivity contribution in [2.45, 2.75) is 70.1 Å². The van der Waals surface area contributed by atoms with E-state index in [1.54, 1.807) is 6.26 Å². The zero-order chi connectivity index (χ0) is 15.8. The first-order valence-corrected chi connectivity index (χ1v) is 8.19. The second-order valence-electron chi connectivity index (χ2n) is 7.47. The monoisotopic (exact) mass is 306 g/mol. The average Bonchev–Trinajstić information content (AvgIpc) is 2.86. The molecule has 2 N–H and O–H groups in total. The van der Waals surface area contributed by atoms with Gasteiger partial charge in [0.1, 0.15) is 11.4 Å². The molecule has 1 fully saturated rings. The van der Waals surface area contributed by atoms with Crippen LogP contribution in [0.15, 0.2) is 16.7 Å². The van der Waals surface area contributed by atoms with Gasteiger partial charge in [-0.15, -0.1) is 0 Å². The van der Waals surface area contributed by atoms with Crippen molar-refractivity contribution in [2.75, 3.05) is 6.54 Å². The molecule has 3 rings (SSSR count). The minimum absolute atomic E-state index is 0.118. The Labute approximate surface area is 131 Å². The number of amides is 1. The van der Waals surface area contributed by atoms with Crippen molar-refractivity contribution in [3.63, 3.8) is 0 Å². The first-order chi connectivity index (χ1) is 10.4. The van der Waals surface area contributed by atoms with E-state index in [1.807, 2.05) is 20.8 Å². The first-order valence-electron chi connectivity index (χ1n) is 8.19. The van der Waals surface area contributed by atoms with Crippen molar-refractivity contribution in [1.82, 2.24) is 10.6 Å². The summed E-state index contributed by atoms with van der Waals surface area (Å²) in [5.41, 5.74) is 0.708. The maximum Gasteiger partial charge on any atom is 0.407 e. The molecule has 1 aromatic heterocycles. The van der Waals surface area contributed by atoms with Crippen molar-refractivity contribution < 1.29 is 13.9 Å². The van der Waals surface area contributed by atoms with Gasteiger partial charge in [-0.05, 0) is 64.5 Å². The number of fused-ring (bicyclic) bond motifs is 2. The summed E-state index contributed by atoms with van der Waals surface area (Å²) in [4.78, 5) is 12.0. The van der Waals surface area contributed by atoms with Gasteiger partial charge in [-0.3, -0.25) is 0 Å². The summed E-state index contributed by atoms with van der Waals surface area (Å²) in [5, 5.41) is 6.67. The molecule has 0 radical (unpaired) electrons. The van der Waals surface area contributed by atoms with E-state index >= 15 is 0 Å². The fourth-order valence-corrected chi connectivity index (χ4v) is 3.71. The van der Waals surface area contributed by atoms with Crippen LogP contribution in [-0.2, 0) is 16.7 Å². The minimum Gasteiger partial charge on any atom is -0.467 e. The molecule has 1 saturated carbocycles. The Morgan fingerprint density at radius 2 is 2.32 bits per heavy atom. The summed E-state index contributed by atoms with van der Waals surface area (Å²) < 4.78 is 11.2. The number of alkyl carbamates (subject to hydrolysis) is 1. The number of nitrogens with one attached hydrogen (secondary N) is 2. The van der Waals surface area contributed by atoms with Crippen LogP contribution < -0.4 is 10.6 Å². The predicted molar refractivity (Wildman–Crippen MR) is 83.7 cm³/mol. The smallest absolute Gasteiger partial charge is 0.407 e. The third-order valence-corrected chi connectivity index (χ3v) is 4.51. The van der Waals surface area contributed by atoms with E-state index in [2.05, 4.69) is 16.7 Å². The molecule has 2 aliphatic rings. The highest BCUT2D eigenvalue weighted by Crippen LogP contribution is 2.41. The van der Waals surface area contributed by atoms with E-state index in [1.165, 1.54) is 5.56 Å². The van der Waals surface area contributed by atoms with Crippen LogP contribution in [0.1, 0.15) is 57.8 Å². The molecular formula is C17H26N2O3. The topological polar surface area (TPSA) is 63.5 Å². The third-order valence-electron chi connectivity index (χ3n) is 4.51. The Bertz CT molecular complexity index is 546. The lowest BCUT2D eigenvalue weighted by Gasteiger charge is -2.43. The summed E-state index contributed by atoms with van der Waals surface area (Å²) in [5.74, 6) is 1.06. The van der Waals surface area contributed by atoms with Crippen LogP contribution in [0.3, 0.4) is 0 Å². The average molecular weight is 306 g/mol. The lowest BCUT2D eigenvalue weighted by molar-refractivity contribution is 0.0462. The maximum absolute atomic E-state index is 12.0. The Kier molecular flexibility index (Phi) is 3.93. The molecule has 2 heterocycles. The van der Waals surface area contributed by atoms with E-state index in [0.717, 1.165) is 44.4 Å². The molecular weight excluding hydrogens is 280 g/mol. The van der Waals surface area contributed by atoms with Gasteiger partial charge in [-0.1, -0.05) is 0 Å². The van der Waals surface area contributed by atoms with E-state index < -0.39 is 5.60 Å². The Morgan fingerprint density at radius 1 is 1.50 bits per heavy atom. The number of carbonyl (C=O) groups excluding carboxylic acids is 1. The van der Waals surface area contributed by atoms with Crippen LogP contribution in [0.4, 0.5) is 4.79 Å². The molecule has 1 aliphatic heterocycles. The lowest BCUT2D eigenvalue weighted by atomic mass is 9.74. The van der Waals surface area contributed by atoms with Gasteiger partial charge in [0.15, 0.2) is 0 Å². The molecule has 1 spiro atoms. The summed E-state index contributed by atoms with van der Waals surface area (Å²) in [6.07, 6.45) is 6.42. The number of furan rings is 1. The number of carbonyl (C=O) groups is 1. The fourth-order valence-electron chi connectivity index (χ4n) is 3.71. The van der Waals surface area contributed by atoms with Crippen molar-refractivity contribution in [2.24, 2.45) is 0 Å². The standard InChI is InChI=1S/C17H26N2O3/c1-16(2,3)22-15(20)19-13-5-4-8-17(11-13)14-12(6-9-18-17)7-10-21-14/h7,10,13,18H,4-6,8-9,11H2,1-3H3,(H,19,20). The Morgan fingerprint density at radius 3 is 3.09 bits per heavy atom. The molecule has 22 heavy (non-hydrogen) atoms. The zero-order valence-corrected chi connectivity index (χ0v) is 13.7. The third kappa shape index (κ3) is 3.14.